The summed E-state index contributed by atoms with van der Waals surface area (Å²) in [6.45, 7) is 0. The molecule has 0 spiro atoms. The third-order valence-corrected chi connectivity index (χ3v) is 1.13. The molecule has 2 nitrogen and oxygen atoms in total. The number of alkyl halides is 1. The van der Waals surface area contributed by atoms with Gasteiger partial charge in [0.05, 0.1) is 0 Å². The topological polar surface area (TPSA) is 37.3 Å². The van der Waals surface area contributed by atoms with Crippen molar-refractivity contribution in [2.24, 2.45) is 0 Å². The zero-order valence-corrected chi connectivity index (χ0v) is 6.07. The third-order valence-electron chi connectivity index (χ3n) is 0.866. The molecule has 0 radical (unpaired) electrons. The van der Waals surface area contributed by atoms with Gasteiger partial charge in [0.2, 0.25) is 5.83 Å². The van der Waals surface area contributed by atoms with E-state index >= 15 is 0 Å². The van der Waals surface area contributed by atoms with Crippen molar-refractivity contribution < 1.29 is 14.3 Å². The molecule has 0 aromatic heterocycles. The molecule has 0 aliphatic heterocycles. The number of unbranched alkanes of at least 4 members (excludes halogenated alkanes) is 1. The van der Waals surface area contributed by atoms with Crippen LogP contribution in [-0.2, 0) is 4.79 Å². The van der Waals surface area contributed by atoms with E-state index in [9.17, 15) is 9.18 Å². The second-order valence-electron chi connectivity index (χ2n) is 1.69. The quantitative estimate of drug-likeness (QED) is 0.394. The van der Waals surface area contributed by atoms with Gasteiger partial charge in [0.25, 0.3) is 0 Å². The Morgan fingerprint density at radius 1 is 1.70 bits per heavy atom. The van der Waals surface area contributed by atoms with E-state index in [1.54, 1.807) is 0 Å². The summed E-state index contributed by atoms with van der Waals surface area (Å²) in [6.07, 6.45) is 1.99. The number of allylic oxidation sites excluding steroid dienone is 1. The van der Waals surface area contributed by atoms with E-state index in [1.807, 2.05) is 0 Å². The lowest BCUT2D eigenvalue weighted by atomic mass is 10.3. The molecule has 0 atom stereocenters. The van der Waals surface area contributed by atoms with Gasteiger partial charge in [0.15, 0.2) is 0 Å². The first kappa shape index (κ1) is 9.43. The number of carboxylic acids is 1. The number of rotatable bonds is 4. The fourth-order valence-corrected chi connectivity index (χ4v) is 0.548. The molecule has 4 heteroatoms. The molecule has 0 unspecified atom stereocenters. The highest BCUT2D eigenvalue weighted by atomic mass is 35.5. The van der Waals surface area contributed by atoms with Crippen molar-refractivity contribution in [3.05, 3.63) is 11.9 Å². The van der Waals surface area contributed by atoms with Crippen LogP contribution < -0.4 is 0 Å². The van der Waals surface area contributed by atoms with Crippen LogP contribution in [0.2, 0.25) is 0 Å². The summed E-state index contributed by atoms with van der Waals surface area (Å²) in [5, 5.41) is 8.01. The van der Waals surface area contributed by atoms with Crippen LogP contribution in [-0.4, -0.2) is 17.0 Å². The van der Waals surface area contributed by atoms with Gasteiger partial charge < -0.3 is 5.11 Å². The molecule has 0 aromatic rings. The average Bonchev–Trinajstić information content (AvgIpc) is 1.88. The predicted molar refractivity (Wildman–Crippen MR) is 36.8 cm³/mol. The van der Waals surface area contributed by atoms with Crippen LogP contribution in [0.1, 0.15) is 12.8 Å². The second-order valence-corrected chi connectivity index (χ2v) is 2.07. The molecule has 0 heterocycles. The number of halogens is 2. The average molecular weight is 167 g/mol. The lowest BCUT2D eigenvalue weighted by Crippen LogP contribution is -1.94. The molecule has 10 heavy (non-hydrogen) atoms. The Bertz CT molecular complexity index is 145. The van der Waals surface area contributed by atoms with Crippen LogP contribution in [0.15, 0.2) is 11.9 Å². The molecule has 0 fully saturated rings. The molecule has 58 valence electrons. The third kappa shape index (κ3) is 4.32. The number of hydrogen-bond acceptors (Lipinski definition) is 1. The maximum absolute atomic E-state index is 12.1. The van der Waals surface area contributed by atoms with Gasteiger partial charge in [-0.1, -0.05) is 0 Å². The number of hydrogen-bond donors (Lipinski definition) is 1. The highest BCUT2D eigenvalue weighted by molar-refractivity contribution is 6.17. The van der Waals surface area contributed by atoms with Crippen LogP contribution in [0.5, 0.6) is 0 Å². The standard InChI is InChI=1S/C6H8ClFO2/c7-4-2-1-3-5(8)6(9)10/h3H,1-2,4H2,(H,9,10). The van der Waals surface area contributed by atoms with Crippen LogP contribution in [0, 0.1) is 0 Å². The Kier molecular flexibility index (Phi) is 4.94. The lowest BCUT2D eigenvalue weighted by Gasteiger charge is -1.88. The minimum atomic E-state index is -1.52. The first-order valence-corrected chi connectivity index (χ1v) is 3.37. The molecule has 0 bridgehead atoms. The Morgan fingerprint density at radius 3 is 2.70 bits per heavy atom. The summed E-state index contributed by atoms with van der Waals surface area (Å²) >= 11 is 5.27. The smallest absolute Gasteiger partial charge is 0.364 e. The minimum Gasteiger partial charge on any atom is -0.476 e. The van der Waals surface area contributed by atoms with Crippen molar-refractivity contribution in [2.75, 3.05) is 5.88 Å². The van der Waals surface area contributed by atoms with Gasteiger partial charge in [0, 0.05) is 5.88 Å². The maximum atomic E-state index is 12.1. The normalized spacial score (nSPS) is 11.6. The largest absolute Gasteiger partial charge is 0.476 e. The number of aliphatic carboxylic acids is 1. The molecule has 0 aliphatic carbocycles. The van der Waals surface area contributed by atoms with Gasteiger partial charge in [-0.25, -0.2) is 4.79 Å². The molecule has 1 N–H and O–H groups in total. The van der Waals surface area contributed by atoms with Crippen LogP contribution in [0.3, 0.4) is 0 Å². The summed E-state index contributed by atoms with van der Waals surface area (Å²) in [4.78, 5) is 9.82. The number of carboxylic acid groups (broad SMARTS) is 1. The van der Waals surface area contributed by atoms with E-state index in [0.717, 1.165) is 6.08 Å². The molecule has 0 rings (SSSR count). The molecule has 0 amide bonds. The second kappa shape index (κ2) is 5.23. The van der Waals surface area contributed by atoms with Gasteiger partial charge in [0.1, 0.15) is 0 Å². The van der Waals surface area contributed by atoms with Gasteiger partial charge in [-0.05, 0) is 18.9 Å². The Balaban J connectivity index is 3.58. The molecule has 0 saturated heterocycles. The molecule has 0 saturated carbocycles. The van der Waals surface area contributed by atoms with Crippen LogP contribution in [0.4, 0.5) is 4.39 Å². The van der Waals surface area contributed by atoms with Gasteiger partial charge in [-0.15, -0.1) is 11.6 Å². The zero-order valence-electron chi connectivity index (χ0n) is 5.31. The molecule has 0 aliphatic rings. The molecular weight excluding hydrogens is 159 g/mol. The summed E-state index contributed by atoms with van der Waals surface area (Å²) in [5.41, 5.74) is 0. The van der Waals surface area contributed by atoms with Crippen molar-refractivity contribution >= 4 is 17.6 Å². The van der Waals surface area contributed by atoms with Crippen molar-refractivity contribution in [1.82, 2.24) is 0 Å². The summed E-state index contributed by atoms with van der Waals surface area (Å²) in [7, 11) is 0. The van der Waals surface area contributed by atoms with Crippen molar-refractivity contribution in [2.45, 2.75) is 12.8 Å². The van der Waals surface area contributed by atoms with Crippen molar-refractivity contribution in [3.8, 4) is 0 Å². The van der Waals surface area contributed by atoms with Gasteiger partial charge in [-0.3, -0.25) is 0 Å². The van der Waals surface area contributed by atoms with E-state index in [4.69, 9.17) is 16.7 Å². The first-order chi connectivity index (χ1) is 4.68. The van der Waals surface area contributed by atoms with Crippen LogP contribution >= 0.6 is 11.6 Å². The van der Waals surface area contributed by atoms with Gasteiger partial charge >= 0.3 is 5.97 Å². The van der Waals surface area contributed by atoms with Crippen molar-refractivity contribution in [3.63, 3.8) is 0 Å². The summed E-state index contributed by atoms with van der Waals surface area (Å²) < 4.78 is 12.1. The molecule has 0 aromatic carbocycles. The van der Waals surface area contributed by atoms with Crippen molar-refractivity contribution in [1.29, 1.82) is 0 Å². The summed E-state index contributed by atoms with van der Waals surface area (Å²) in [5.74, 6) is -2.21. The highest BCUT2D eigenvalue weighted by Crippen LogP contribution is 2.01. The number of carbonyl (C=O) groups is 1. The Morgan fingerprint density at radius 2 is 2.30 bits per heavy atom. The van der Waals surface area contributed by atoms with Crippen LogP contribution in [0.25, 0.3) is 0 Å². The Hall–Kier alpha value is -0.570. The fraction of sp³-hybridized carbons (Fsp3) is 0.500. The summed E-state index contributed by atoms with van der Waals surface area (Å²) in [6, 6.07) is 0. The van der Waals surface area contributed by atoms with E-state index < -0.39 is 11.8 Å². The first-order valence-electron chi connectivity index (χ1n) is 2.83. The lowest BCUT2D eigenvalue weighted by molar-refractivity contribution is -0.134. The van der Waals surface area contributed by atoms with E-state index in [2.05, 4.69) is 0 Å². The fourth-order valence-electron chi connectivity index (χ4n) is 0.393. The zero-order chi connectivity index (χ0) is 7.98. The van der Waals surface area contributed by atoms with E-state index in [0.29, 0.717) is 18.7 Å². The van der Waals surface area contributed by atoms with E-state index in [-0.39, 0.29) is 0 Å². The molecular formula is C6H8ClFO2. The van der Waals surface area contributed by atoms with E-state index in [1.165, 1.54) is 0 Å². The predicted octanol–water partition coefficient (Wildman–Crippen LogP) is 1.94. The van der Waals surface area contributed by atoms with Gasteiger partial charge in [-0.2, -0.15) is 4.39 Å². The SMILES string of the molecule is O=C(O)C(F)=CCCCCl. The maximum Gasteiger partial charge on any atom is 0.364 e. The Labute approximate surface area is 63.3 Å². The minimum absolute atomic E-state index is 0.377. The monoisotopic (exact) mass is 166 g/mol. The highest BCUT2D eigenvalue weighted by Gasteiger charge is 2.02.